The van der Waals surface area contributed by atoms with E-state index < -0.39 is 0 Å². The van der Waals surface area contributed by atoms with E-state index in [1.165, 1.54) is 6.07 Å². The maximum atomic E-state index is 13.3. The molecule has 0 aliphatic carbocycles. The quantitative estimate of drug-likeness (QED) is 0.706. The summed E-state index contributed by atoms with van der Waals surface area (Å²) in [5, 5.41) is 0. The number of carbonyl (C=O) groups is 1. The molecule has 0 unspecified atom stereocenters. The van der Waals surface area contributed by atoms with Gasteiger partial charge < -0.3 is 15.4 Å². The average molecular weight is 282 g/mol. The third-order valence-electron chi connectivity index (χ3n) is 3.04. The van der Waals surface area contributed by atoms with Crippen LogP contribution in [-0.4, -0.2) is 37.6 Å². The average Bonchev–Trinajstić information content (AvgIpc) is 2.45. The van der Waals surface area contributed by atoms with E-state index in [2.05, 4.69) is 0 Å². The highest BCUT2D eigenvalue weighted by molar-refractivity contribution is 5.75. The second-order valence-electron chi connectivity index (χ2n) is 4.69. The molecule has 0 aliphatic heterocycles. The van der Waals surface area contributed by atoms with Crippen molar-refractivity contribution < 1.29 is 13.9 Å². The van der Waals surface area contributed by atoms with Gasteiger partial charge in [0, 0.05) is 13.5 Å². The first-order chi connectivity index (χ1) is 9.65. The van der Waals surface area contributed by atoms with Gasteiger partial charge in [0.15, 0.2) is 11.6 Å². The first-order valence-electron chi connectivity index (χ1n) is 6.96. The third kappa shape index (κ3) is 6.02. The number of ether oxygens (including phenoxy) is 1. The Balaban J connectivity index is 2.20. The Morgan fingerprint density at radius 3 is 2.75 bits per heavy atom. The fourth-order valence-corrected chi connectivity index (χ4v) is 1.77. The van der Waals surface area contributed by atoms with Gasteiger partial charge in [-0.15, -0.1) is 0 Å². The van der Waals surface area contributed by atoms with Gasteiger partial charge >= 0.3 is 0 Å². The maximum Gasteiger partial charge on any atom is 0.222 e. The third-order valence-corrected chi connectivity index (χ3v) is 3.04. The summed E-state index contributed by atoms with van der Waals surface area (Å²) in [5.41, 5.74) is 5.40. The number of carbonyl (C=O) groups excluding carboxylic acids is 1. The lowest BCUT2D eigenvalue weighted by Crippen LogP contribution is -2.30. The van der Waals surface area contributed by atoms with Crippen LogP contribution in [0.25, 0.3) is 0 Å². The summed E-state index contributed by atoms with van der Waals surface area (Å²) in [6, 6.07) is 6.25. The van der Waals surface area contributed by atoms with Crippen LogP contribution in [0.2, 0.25) is 0 Å². The molecular weight excluding hydrogens is 259 g/mol. The lowest BCUT2D eigenvalue weighted by Gasteiger charge is -2.17. The Labute approximate surface area is 119 Å². The van der Waals surface area contributed by atoms with Crippen molar-refractivity contribution in [2.24, 2.45) is 5.73 Å². The van der Waals surface area contributed by atoms with Crippen LogP contribution in [-0.2, 0) is 4.79 Å². The molecule has 0 aromatic heterocycles. The van der Waals surface area contributed by atoms with Crippen molar-refractivity contribution >= 4 is 5.91 Å². The molecule has 0 heterocycles. The number of unbranched alkanes of at least 4 members (excludes halogenated alkanes) is 2. The number of halogens is 1. The molecular formula is C15H23FN2O2. The lowest BCUT2D eigenvalue weighted by molar-refractivity contribution is -0.130. The second-order valence-corrected chi connectivity index (χ2v) is 4.69. The van der Waals surface area contributed by atoms with Crippen molar-refractivity contribution in [1.29, 1.82) is 0 Å². The van der Waals surface area contributed by atoms with E-state index in [0.29, 0.717) is 19.5 Å². The summed E-state index contributed by atoms with van der Waals surface area (Å²) in [4.78, 5) is 13.4. The van der Waals surface area contributed by atoms with Gasteiger partial charge in [-0.1, -0.05) is 18.6 Å². The Kier molecular flexibility index (Phi) is 7.65. The van der Waals surface area contributed by atoms with Crippen molar-refractivity contribution in [3.8, 4) is 5.75 Å². The monoisotopic (exact) mass is 282 g/mol. The zero-order chi connectivity index (χ0) is 14.8. The standard InChI is InChI=1S/C15H23FN2O2/c1-18(15(19)9-3-2-6-10-17)11-12-20-14-8-5-4-7-13(14)16/h4-5,7-8H,2-3,6,9-12,17H2,1H3. The number of likely N-dealkylation sites (N-methyl/N-ethyl adjacent to an activating group) is 1. The minimum Gasteiger partial charge on any atom is -0.489 e. The largest absolute Gasteiger partial charge is 0.489 e. The number of rotatable bonds is 9. The fraction of sp³-hybridized carbons (Fsp3) is 0.533. The summed E-state index contributed by atoms with van der Waals surface area (Å²) in [5.74, 6) is -0.0845. The van der Waals surface area contributed by atoms with E-state index in [9.17, 15) is 9.18 Å². The van der Waals surface area contributed by atoms with Crippen molar-refractivity contribution in [2.75, 3.05) is 26.7 Å². The molecule has 1 aromatic carbocycles. The number of para-hydroxylation sites is 1. The SMILES string of the molecule is CN(CCOc1ccccc1F)C(=O)CCCCCN. The molecule has 2 N–H and O–H groups in total. The van der Waals surface area contributed by atoms with Crippen LogP contribution in [0.5, 0.6) is 5.75 Å². The maximum absolute atomic E-state index is 13.3. The molecule has 0 fully saturated rings. The fourth-order valence-electron chi connectivity index (χ4n) is 1.77. The van der Waals surface area contributed by atoms with E-state index in [-0.39, 0.29) is 24.1 Å². The van der Waals surface area contributed by atoms with Gasteiger partial charge in [-0.25, -0.2) is 4.39 Å². The lowest BCUT2D eigenvalue weighted by atomic mass is 10.2. The summed E-state index contributed by atoms with van der Waals surface area (Å²) >= 11 is 0. The highest BCUT2D eigenvalue weighted by atomic mass is 19.1. The van der Waals surface area contributed by atoms with Gasteiger partial charge in [0.2, 0.25) is 5.91 Å². The van der Waals surface area contributed by atoms with E-state index in [1.54, 1.807) is 30.1 Å². The van der Waals surface area contributed by atoms with Crippen LogP contribution < -0.4 is 10.5 Å². The van der Waals surface area contributed by atoms with E-state index >= 15 is 0 Å². The molecule has 0 spiro atoms. The number of benzene rings is 1. The summed E-state index contributed by atoms with van der Waals surface area (Å²) < 4.78 is 18.6. The zero-order valence-corrected chi connectivity index (χ0v) is 12.0. The number of nitrogens with two attached hydrogens (primary N) is 1. The van der Waals surface area contributed by atoms with Crippen molar-refractivity contribution in [1.82, 2.24) is 4.90 Å². The number of amides is 1. The normalized spacial score (nSPS) is 10.3. The first-order valence-corrected chi connectivity index (χ1v) is 6.96. The molecule has 1 aromatic rings. The van der Waals surface area contributed by atoms with Crippen LogP contribution in [0.1, 0.15) is 25.7 Å². The molecule has 0 aliphatic rings. The second kappa shape index (κ2) is 9.31. The van der Waals surface area contributed by atoms with Crippen LogP contribution in [0.15, 0.2) is 24.3 Å². The van der Waals surface area contributed by atoms with Crippen LogP contribution >= 0.6 is 0 Å². The molecule has 1 amide bonds. The molecule has 20 heavy (non-hydrogen) atoms. The molecule has 0 saturated heterocycles. The number of hydrogen-bond donors (Lipinski definition) is 1. The highest BCUT2D eigenvalue weighted by Gasteiger charge is 2.08. The predicted molar refractivity (Wildman–Crippen MR) is 77.1 cm³/mol. The molecule has 1 rings (SSSR count). The van der Waals surface area contributed by atoms with E-state index in [0.717, 1.165) is 19.3 Å². The molecule has 0 radical (unpaired) electrons. The minimum atomic E-state index is -0.386. The van der Waals surface area contributed by atoms with Gasteiger partial charge in [-0.05, 0) is 31.5 Å². The van der Waals surface area contributed by atoms with Gasteiger partial charge in [0.25, 0.3) is 0 Å². The Morgan fingerprint density at radius 1 is 1.30 bits per heavy atom. The minimum absolute atomic E-state index is 0.0826. The molecule has 0 saturated carbocycles. The van der Waals surface area contributed by atoms with Crippen LogP contribution in [0.3, 0.4) is 0 Å². The van der Waals surface area contributed by atoms with Gasteiger partial charge in [0.05, 0.1) is 6.54 Å². The molecule has 0 bridgehead atoms. The van der Waals surface area contributed by atoms with Gasteiger partial charge in [0.1, 0.15) is 6.61 Å². The molecule has 4 nitrogen and oxygen atoms in total. The van der Waals surface area contributed by atoms with Crippen LogP contribution in [0, 0.1) is 5.82 Å². The predicted octanol–water partition coefficient (Wildman–Crippen LogP) is 2.18. The Hall–Kier alpha value is -1.62. The summed E-state index contributed by atoms with van der Waals surface area (Å²) in [6.07, 6.45) is 3.31. The Bertz CT molecular complexity index is 413. The first kappa shape index (κ1) is 16.4. The van der Waals surface area contributed by atoms with Gasteiger partial charge in [-0.2, -0.15) is 0 Å². The number of nitrogens with zero attached hydrogens (tertiary/aromatic N) is 1. The molecule has 0 atom stereocenters. The molecule has 112 valence electrons. The smallest absolute Gasteiger partial charge is 0.222 e. The topological polar surface area (TPSA) is 55.6 Å². The molecule has 5 heteroatoms. The zero-order valence-electron chi connectivity index (χ0n) is 12.0. The van der Waals surface area contributed by atoms with Crippen molar-refractivity contribution in [3.05, 3.63) is 30.1 Å². The van der Waals surface area contributed by atoms with E-state index in [1.807, 2.05) is 0 Å². The van der Waals surface area contributed by atoms with Crippen molar-refractivity contribution in [3.63, 3.8) is 0 Å². The summed E-state index contributed by atoms with van der Waals surface area (Å²) in [6.45, 7) is 1.40. The van der Waals surface area contributed by atoms with E-state index in [4.69, 9.17) is 10.5 Å². The number of hydrogen-bond acceptors (Lipinski definition) is 3. The van der Waals surface area contributed by atoms with Crippen LogP contribution in [0.4, 0.5) is 4.39 Å². The van der Waals surface area contributed by atoms with Crippen molar-refractivity contribution in [2.45, 2.75) is 25.7 Å². The highest BCUT2D eigenvalue weighted by Crippen LogP contribution is 2.15. The Morgan fingerprint density at radius 2 is 2.05 bits per heavy atom. The summed E-state index contributed by atoms with van der Waals surface area (Å²) in [7, 11) is 1.73. The van der Waals surface area contributed by atoms with Gasteiger partial charge in [-0.3, -0.25) is 4.79 Å².